The van der Waals surface area contributed by atoms with E-state index in [1.165, 1.54) is 17.7 Å². The van der Waals surface area contributed by atoms with Crippen LogP contribution in [0.4, 0.5) is 4.79 Å². The molecule has 4 amide bonds. The van der Waals surface area contributed by atoms with Crippen LogP contribution < -0.4 is 31.9 Å². The summed E-state index contributed by atoms with van der Waals surface area (Å²) in [5.41, 5.74) is 0. The van der Waals surface area contributed by atoms with Gasteiger partial charge in [-0.3, -0.25) is 33.6 Å². The monoisotopic (exact) mass is 840 g/mol. The molecule has 21 nitrogen and oxygen atoms in total. The molecule has 0 aromatic heterocycles. The van der Waals surface area contributed by atoms with Gasteiger partial charge in [0.2, 0.25) is 23.6 Å². The van der Waals surface area contributed by atoms with Gasteiger partial charge in [0.25, 0.3) is 0 Å². The fourth-order valence-electron chi connectivity index (χ4n) is 4.59. The van der Waals surface area contributed by atoms with Gasteiger partial charge in [-0.05, 0) is 53.0 Å². The summed E-state index contributed by atoms with van der Waals surface area (Å²) in [6.07, 6.45) is -3.23. The van der Waals surface area contributed by atoms with Crippen molar-refractivity contribution in [3.05, 3.63) is 0 Å². The van der Waals surface area contributed by atoms with E-state index in [9.17, 15) is 58.5 Å². The Labute approximate surface area is 332 Å². The Morgan fingerprint density at radius 3 is 1.66 bits per heavy atom. The molecule has 0 saturated heterocycles. The standard InChI is InChI=1S/C33H56N6O15S2/c1-18(2)35-20(5)28(46)36-22(9-10-25(40)41)30(48)37-21(8-6-7-11-34-12-14-55-56-15-13-53-33(52)54-19(3)4)29(47)38-23(16-26(42)43)31(49)39-24(32(50)51)17-27(44)45/h18-24,34-35H,6-17H2,1-5H3,(H,36,46)(H,37,48)(H,38,47)(H,39,49)(H,40,41)(H,42,43)(H,44,45)(H,50,51)/t20-,21-,22-,23-,24-/m0/s1. The Hall–Kier alpha value is -4.35. The number of unbranched alkanes of at least 4 members (excludes halogenated alkanes) is 1. The molecule has 0 saturated carbocycles. The average Bonchev–Trinajstić information content (AvgIpc) is 3.07. The van der Waals surface area contributed by atoms with Crippen LogP contribution in [-0.4, -0.2) is 148 Å². The second kappa shape index (κ2) is 29.0. The van der Waals surface area contributed by atoms with Gasteiger partial charge in [0.1, 0.15) is 30.8 Å². The maximum Gasteiger partial charge on any atom is 0.508 e. The molecule has 0 spiro atoms. The van der Waals surface area contributed by atoms with Gasteiger partial charge in [0.15, 0.2) is 0 Å². The van der Waals surface area contributed by atoms with E-state index < -0.39 is 103 Å². The van der Waals surface area contributed by atoms with Gasteiger partial charge >= 0.3 is 30.0 Å². The van der Waals surface area contributed by atoms with E-state index in [1.54, 1.807) is 38.5 Å². The number of ether oxygens (including phenoxy) is 2. The van der Waals surface area contributed by atoms with Crippen molar-refractivity contribution in [2.24, 2.45) is 0 Å². The van der Waals surface area contributed by atoms with Crippen LogP contribution in [0, 0.1) is 0 Å². The van der Waals surface area contributed by atoms with E-state index in [-0.39, 0.29) is 31.6 Å². The highest BCUT2D eigenvalue weighted by molar-refractivity contribution is 8.76. The molecular formula is C33H56N6O15S2. The third kappa shape index (κ3) is 25.7. The van der Waals surface area contributed by atoms with Gasteiger partial charge in [-0.15, -0.1) is 0 Å². The topological polar surface area (TPSA) is 325 Å². The molecular weight excluding hydrogens is 785 g/mol. The van der Waals surface area contributed by atoms with Crippen molar-refractivity contribution < 1.29 is 73.1 Å². The summed E-state index contributed by atoms with van der Waals surface area (Å²) in [6, 6.07) is -7.58. The SMILES string of the molecule is CC(C)N[C@@H](C)C(=O)N[C@@H](CCC(=O)O)C(=O)N[C@@H](CCCCNCCSSCCOC(=O)OC(C)C)C(=O)N[C@@H](CC(=O)O)C(=O)N[C@@H](CC(=O)O)C(=O)O. The van der Waals surface area contributed by atoms with Gasteiger partial charge in [0, 0.05) is 30.5 Å². The number of carbonyl (C=O) groups is 9. The first-order chi connectivity index (χ1) is 26.2. The van der Waals surface area contributed by atoms with Crippen molar-refractivity contribution in [3.8, 4) is 0 Å². The molecule has 23 heteroatoms. The summed E-state index contributed by atoms with van der Waals surface area (Å²) in [4.78, 5) is 110. The number of nitrogens with one attached hydrogen (secondary N) is 6. The van der Waals surface area contributed by atoms with Gasteiger partial charge in [-0.1, -0.05) is 35.4 Å². The predicted molar refractivity (Wildman–Crippen MR) is 204 cm³/mol. The summed E-state index contributed by atoms with van der Waals surface area (Å²) < 4.78 is 9.83. The first-order valence-electron chi connectivity index (χ1n) is 17.9. The third-order valence-electron chi connectivity index (χ3n) is 7.15. The predicted octanol–water partition coefficient (Wildman–Crippen LogP) is -0.0862. The van der Waals surface area contributed by atoms with E-state index in [0.29, 0.717) is 37.4 Å². The van der Waals surface area contributed by atoms with Crippen LogP contribution in [-0.2, 0) is 47.8 Å². The van der Waals surface area contributed by atoms with Crippen LogP contribution in [0.25, 0.3) is 0 Å². The normalized spacial score (nSPS) is 13.7. The summed E-state index contributed by atoms with van der Waals surface area (Å²) in [7, 11) is 3.05. The number of hydrogen-bond acceptors (Lipinski definition) is 15. The minimum Gasteiger partial charge on any atom is -0.481 e. The first-order valence-corrected chi connectivity index (χ1v) is 20.4. The fourth-order valence-corrected chi connectivity index (χ4v) is 6.37. The molecule has 0 bridgehead atoms. The zero-order valence-electron chi connectivity index (χ0n) is 32.1. The van der Waals surface area contributed by atoms with Gasteiger partial charge in [0.05, 0.1) is 25.0 Å². The van der Waals surface area contributed by atoms with E-state index in [0.717, 1.165) is 0 Å². The molecule has 10 N–H and O–H groups in total. The molecule has 0 aliphatic rings. The minimum absolute atomic E-state index is 0.0633. The number of carbonyl (C=O) groups excluding carboxylic acids is 5. The number of hydrogen-bond donors (Lipinski definition) is 10. The second-order valence-electron chi connectivity index (χ2n) is 12.9. The van der Waals surface area contributed by atoms with Gasteiger partial charge in [-0.25, -0.2) is 9.59 Å². The smallest absolute Gasteiger partial charge is 0.481 e. The molecule has 320 valence electrons. The van der Waals surface area contributed by atoms with Gasteiger partial charge in [-0.2, -0.15) is 0 Å². The number of amides is 4. The molecule has 0 heterocycles. The third-order valence-corrected chi connectivity index (χ3v) is 9.53. The maximum atomic E-state index is 13.6. The molecule has 0 aromatic rings. The summed E-state index contributed by atoms with van der Waals surface area (Å²) >= 11 is 0. The van der Waals surface area contributed by atoms with Crippen LogP contribution in [0.2, 0.25) is 0 Å². The largest absolute Gasteiger partial charge is 0.508 e. The lowest BCUT2D eigenvalue weighted by atomic mass is 10.0. The molecule has 56 heavy (non-hydrogen) atoms. The second-order valence-corrected chi connectivity index (χ2v) is 15.6. The number of carboxylic acid groups (broad SMARTS) is 4. The Morgan fingerprint density at radius 2 is 1.11 bits per heavy atom. The van der Waals surface area contributed by atoms with Crippen LogP contribution in [0.3, 0.4) is 0 Å². The molecule has 0 radical (unpaired) electrons. The quantitative estimate of drug-likeness (QED) is 0.0248. The molecule has 0 aromatic carbocycles. The lowest BCUT2D eigenvalue weighted by molar-refractivity contribution is -0.148. The van der Waals surface area contributed by atoms with E-state index >= 15 is 0 Å². The van der Waals surface area contributed by atoms with Crippen LogP contribution in [0.5, 0.6) is 0 Å². The lowest BCUT2D eigenvalue weighted by Gasteiger charge is -2.26. The van der Waals surface area contributed by atoms with Crippen LogP contribution in [0.1, 0.15) is 79.6 Å². The summed E-state index contributed by atoms with van der Waals surface area (Å²) in [5, 5.41) is 52.2. The van der Waals surface area contributed by atoms with E-state index in [2.05, 4.69) is 26.6 Å². The average molecular weight is 841 g/mol. The van der Waals surface area contributed by atoms with Crippen molar-refractivity contribution in [2.45, 2.75) is 122 Å². The highest BCUT2D eigenvalue weighted by Gasteiger charge is 2.33. The van der Waals surface area contributed by atoms with E-state index in [4.69, 9.17) is 14.6 Å². The van der Waals surface area contributed by atoms with Crippen molar-refractivity contribution in [3.63, 3.8) is 0 Å². The molecule has 5 atom stereocenters. The van der Waals surface area contributed by atoms with Crippen molar-refractivity contribution in [1.82, 2.24) is 31.9 Å². The zero-order valence-corrected chi connectivity index (χ0v) is 33.8. The highest BCUT2D eigenvalue weighted by atomic mass is 33.1. The number of aliphatic carboxylic acids is 4. The zero-order chi connectivity index (χ0) is 42.8. The molecule has 0 fully saturated rings. The van der Waals surface area contributed by atoms with Crippen molar-refractivity contribution in [2.75, 3.05) is 31.2 Å². The lowest BCUT2D eigenvalue weighted by Crippen LogP contribution is -2.59. The molecule has 0 aliphatic heterocycles. The van der Waals surface area contributed by atoms with Crippen molar-refractivity contribution in [1.29, 1.82) is 0 Å². The van der Waals surface area contributed by atoms with Gasteiger partial charge < -0.3 is 61.8 Å². The summed E-state index contributed by atoms with van der Waals surface area (Å²) in [6.45, 7) is 9.82. The highest BCUT2D eigenvalue weighted by Crippen LogP contribution is 2.20. The van der Waals surface area contributed by atoms with Crippen molar-refractivity contribution >= 4 is 75.2 Å². The Morgan fingerprint density at radius 1 is 0.589 bits per heavy atom. The maximum absolute atomic E-state index is 13.6. The Kier molecular flexibility index (Phi) is 26.7. The fraction of sp³-hybridized carbons (Fsp3) is 0.727. The number of carboxylic acids is 4. The molecule has 0 aliphatic carbocycles. The summed E-state index contributed by atoms with van der Waals surface area (Å²) in [5.74, 6) is -8.77. The Balaban J connectivity index is 5.72. The molecule has 0 rings (SSSR count). The Bertz CT molecular complexity index is 1320. The minimum atomic E-state index is -1.95. The first kappa shape index (κ1) is 51.6. The van der Waals surface area contributed by atoms with Crippen LogP contribution >= 0.6 is 21.6 Å². The van der Waals surface area contributed by atoms with E-state index in [1.807, 2.05) is 5.32 Å². The number of rotatable bonds is 31. The molecule has 0 unspecified atom stereocenters. The van der Waals surface area contributed by atoms with Crippen LogP contribution in [0.15, 0.2) is 0 Å².